The first-order chi connectivity index (χ1) is 15.3. The summed E-state index contributed by atoms with van der Waals surface area (Å²) in [4.78, 5) is 25.5. The number of benzene rings is 1. The maximum Gasteiger partial charge on any atom is 0.274 e. The maximum absolute atomic E-state index is 12.8. The van der Waals surface area contributed by atoms with Crippen molar-refractivity contribution >= 4 is 35.0 Å². The number of carbonyl (C=O) groups is 2. The molecule has 1 aromatic carbocycles. The quantitative estimate of drug-likeness (QED) is 0.604. The van der Waals surface area contributed by atoms with E-state index in [9.17, 15) is 9.59 Å². The van der Waals surface area contributed by atoms with Gasteiger partial charge in [-0.25, -0.2) is 4.68 Å². The Morgan fingerprint density at radius 2 is 1.69 bits per heavy atom. The summed E-state index contributed by atoms with van der Waals surface area (Å²) < 4.78 is 1.55. The molecule has 4 aliphatic rings. The number of carbonyl (C=O) groups excluding carboxylic acids is 2. The summed E-state index contributed by atoms with van der Waals surface area (Å²) in [6, 6.07) is 7.43. The van der Waals surface area contributed by atoms with Crippen LogP contribution < -0.4 is 10.9 Å². The number of hydrazine groups is 1. The Labute approximate surface area is 198 Å². The number of aryl methyl sites for hydroxylation is 1. The molecule has 32 heavy (non-hydrogen) atoms. The van der Waals surface area contributed by atoms with Crippen LogP contribution in [-0.2, 0) is 11.3 Å². The minimum Gasteiger partial charge on any atom is -0.273 e. The number of aromatic nitrogens is 2. The topological polar surface area (TPSA) is 76.0 Å². The molecule has 2 N–H and O–H groups in total. The Kier molecular flexibility index (Phi) is 5.70. The second-order valence-corrected chi connectivity index (χ2v) is 10.9. The monoisotopic (exact) mass is 474 g/mol. The molecular formula is C24H28Cl2N4O2. The second-order valence-electron chi connectivity index (χ2n) is 10.1. The zero-order valence-corrected chi connectivity index (χ0v) is 19.7. The second kappa shape index (κ2) is 8.38. The van der Waals surface area contributed by atoms with Crippen LogP contribution in [0.15, 0.2) is 24.3 Å². The van der Waals surface area contributed by atoms with Crippen molar-refractivity contribution in [1.82, 2.24) is 20.6 Å². The van der Waals surface area contributed by atoms with E-state index in [1.807, 2.05) is 18.2 Å². The van der Waals surface area contributed by atoms with Crippen LogP contribution in [0.4, 0.5) is 0 Å². The standard InChI is InChI=1S/C24H28Cl2N4O2/c1-14-21(22(26)30(29-14)13-18-4-2-3-5-19(18)25)23(32)28-27-20(31)12-24-9-15-6-16(10-24)8-17(7-15)11-24/h2-5,15-17H,6-13H2,1H3,(H,27,31)(H,28,32). The predicted molar refractivity (Wildman–Crippen MR) is 123 cm³/mol. The highest BCUT2D eigenvalue weighted by molar-refractivity contribution is 6.33. The molecule has 0 atom stereocenters. The van der Waals surface area contributed by atoms with E-state index in [1.165, 1.54) is 19.3 Å². The number of amides is 2. The van der Waals surface area contributed by atoms with Gasteiger partial charge in [0.25, 0.3) is 5.91 Å². The van der Waals surface area contributed by atoms with Gasteiger partial charge in [-0.2, -0.15) is 5.10 Å². The third-order valence-electron chi connectivity index (χ3n) is 7.59. The fourth-order valence-corrected chi connectivity index (χ4v) is 7.30. The van der Waals surface area contributed by atoms with Crippen molar-refractivity contribution in [3.63, 3.8) is 0 Å². The summed E-state index contributed by atoms with van der Waals surface area (Å²) in [5.41, 5.74) is 6.90. The molecule has 4 aliphatic carbocycles. The number of hydrogen-bond acceptors (Lipinski definition) is 3. The third kappa shape index (κ3) is 4.15. The first-order valence-corrected chi connectivity index (χ1v) is 12.1. The highest BCUT2D eigenvalue weighted by Gasteiger charge is 2.51. The molecule has 0 unspecified atom stereocenters. The summed E-state index contributed by atoms with van der Waals surface area (Å²) in [5, 5.41) is 5.22. The van der Waals surface area contributed by atoms with Crippen LogP contribution in [0.3, 0.4) is 0 Å². The fraction of sp³-hybridized carbons (Fsp3) is 0.542. The van der Waals surface area contributed by atoms with Crippen molar-refractivity contribution in [2.75, 3.05) is 0 Å². The first kappa shape index (κ1) is 21.8. The molecular weight excluding hydrogens is 447 g/mol. The van der Waals surface area contributed by atoms with Crippen LogP contribution in [-0.4, -0.2) is 21.6 Å². The lowest BCUT2D eigenvalue weighted by atomic mass is 9.49. The molecule has 6 nitrogen and oxygen atoms in total. The van der Waals surface area contributed by atoms with E-state index in [1.54, 1.807) is 17.7 Å². The van der Waals surface area contributed by atoms with Crippen LogP contribution in [0.2, 0.25) is 10.2 Å². The van der Waals surface area contributed by atoms with Gasteiger partial charge in [0.15, 0.2) is 0 Å². The van der Waals surface area contributed by atoms with Crippen LogP contribution in [0.25, 0.3) is 0 Å². The van der Waals surface area contributed by atoms with Crippen molar-refractivity contribution < 1.29 is 9.59 Å². The third-order valence-corrected chi connectivity index (χ3v) is 8.34. The summed E-state index contributed by atoms with van der Waals surface area (Å²) in [6.07, 6.45) is 7.96. The van der Waals surface area contributed by atoms with Gasteiger partial charge in [-0.05, 0) is 80.2 Å². The van der Waals surface area contributed by atoms with Crippen molar-refractivity contribution in [1.29, 1.82) is 0 Å². The molecule has 4 bridgehead atoms. The minimum atomic E-state index is -0.461. The number of rotatable bonds is 5. The Balaban J connectivity index is 1.21. The number of nitrogens with zero attached hydrogens (tertiary/aromatic N) is 2. The average molecular weight is 475 g/mol. The Morgan fingerprint density at radius 1 is 1.06 bits per heavy atom. The summed E-state index contributed by atoms with van der Waals surface area (Å²) in [5.74, 6) is 1.77. The minimum absolute atomic E-state index is 0.122. The van der Waals surface area contributed by atoms with Crippen molar-refractivity contribution in [3.8, 4) is 0 Å². The normalized spacial score (nSPS) is 28.0. The molecule has 4 fully saturated rings. The van der Waals surface area contributed by atoms with E-state index < -0.39 is 5.91 Å². The first-order valence-electron chi connectivity index (χ1n) is 11.4. The number of hydrogen-bond donors (Lipinski definition) is 2. The lowest BCUT2D eigenvalue weighted by molar-refractivity contribution is -0.130. The van der Waals surface area contributed by atoms with Gasteiger partial charge in [-0.15, -0.1) is 0 Å². The Morgan fingerprint density at radius 3 is 2.31 bits per heavy atom. The highest BCUT2D eigenvalue weighted by atomic mass is 35.5. The molecule has 8 heteroatoms. The number of nitrogens with one attached hydrogen (secondary N) is 2. The van der Waals surface area contributed by atoms with Gasteiger partial charge in [0, 0.05) is 11.4 Å². The summed E-state index contributed by atoms with van der Waals surface area (Å²) in [6.45, 7) is 2.08. The fourth-order valence-electron chi connectivity index (χ4n) is 6.78. The zero-order valence-electron chi connectivity index (χ0n) is 18.2. The summed E-state index contributed by atoms with van der Waals surface area (Å²) in [7, 11) is 0. The van der Waals surface area contributed by atoms with Crippen molar-refractivity contribution in [3.05, 3.63) is 51.3 Å². The Bertz CT molecular complexity index is 1030. The van der Waals surface area contributed by atoms with Gasteiger partial charge in [-0.3, -0.25) is 20.4 Å². The van der Waals surface area contributed by atoms with Gasteiger partial charge in [0.1, 0.15) is 10.7 Å². The molecule has 6 rings (SSSR count). The maximum atomic E-state index is 12.8. The lowest BCUT2D eigenvalue weighted by Crippen LogP contribution is -2.50. The molecule has 170 valence electrons. The van der Waals surface area contributed by atoms with Crippen LogP contribution in [0.1, 0.15) is 66.6 Å². The van der Waals surface area contributed by atoms with Crippen molar-refractivity contribution in [2.45, 2.75) is 58.4 Å². The van der Waals surface area contributed by atoms with E-state index in [-0.39, 0.29) is 22.0 Å². The van der Waals surface area contributed by atoms with Gasteiger partial charge < -0.3 is 0 Å². The smallest absolute Gasteiger partial charge is 0.273 e. The number of halogens is 2. The molecule has 2 amide bonds. The van der Waals surface area contributed by atoms with Crippen LogP contribution in [0, 0.1) is 30.1 Å². The van der Waals surface area contributed by atoms with Crippen LogP contribution >= 0.6 is 23.2 Å². The molecule has 2 aromatic rings. The van der Waals surface area contributed by atoms with E-state index in [2.05, 4.69) is 16.0 Å². The van der Waals surface area contributed by atoms with Crippen LogP contribution in [0.5, 0.6) is 0 Å². The molecule has 0 saturated heterocycles. The van der Waals surface area contributed by atoms with E-state index in [0.717, 1.165) is 42.6 Å². The molecule has 4 saturated carbocycles. The lowest BCUT2D eigenvalue weighted by Gasteiger charge is -2.56. The van der Waals surface area contributed by atoms with E-state index >= 15 is 0 Å². The SMILES string of the molecule is Cc1nn(Cc2ccccc2Cl)c(Cl)c1C(=O)NNC(=O)CC12CC3CC(CC(C3)C1)C2. The van der Waals surface area contributed by atoms with Crippen molar-refractivity contribution in [2.24, 2.45) is 23.2 Å². The Hall–Kier alpha value is -2.05. The van der Waals surface area contributed by atoms with E-state index in [4.69, 9.17) is 23.2 Å². The van der Waals surface area contributed by atoms with Gasteiger partial charge >= 0.3 is 0 Å². The van der Waals surface area contributed by atoms with Gasteiger partial charge in [0.05, 0.1) is 12.2 Å². The van der Waals surface area contributed by atoms with Gasteiger partial charge in [0.2, 0.25) is 5.91 Å². The predicted octanol–water partition coefficient (Wildman–Crippen LogP) is 4.91. The molecule has 0 radical (unpaired) electrons. The highest BCUT2D eigenvalue weighted by Crippen LogP contribution is 2.61. The molecule has 0 aliphatic heterocycles. The largest absolute Gasteiger partial charge is 0.274 e. The van der Waals surface area contributed by atoms with E-state index in [0.29, 0.717) is 23.7 Å². The molecule has 0 spiro atoms. The average Bonchev–Trinajstić information content (AvgIpc) is 2.99. The molecule has 1 heterocycles. The zero-order chi connectivity index (χ0) is 22.5. The van der Waals surface area contributed by atoms with Gasteiger partial charge in [-0.1, -0.05) is 41.4 Å². The molecule has 1 aromatic heterocycles. The summed E-state index contributed by atoms with van der Waals surface area (Å²) >= 11 is 12.7.